The number of carbonyl (C=O) groups is 1. The molecule has 0 saturated heterocycles. The molecule has 4 rings (SSSR count). The number of carbonyl (C=O) groups excluding carboxylic acids is 1. The highest BCUT2D eigenvalue weighted by atomic mass is 16.4. The summed E-state index contributed by atoms with van der Waals surface area (Å²) < 4.78 is 5.76. The maximum atomic E-state index is 11.7. The molecule has 7 heteroatoms. The molecule has 3 heterocycles. The predicted molar refractivity (Wildman–Crippen MR) is 103 cm³/mol. The lowest BCUT2D eigenvalue weighted by molar-refractivity contribution is -0.117. The van der Waals surface area contributed by atoms with E-state index in [4.69, 9.17) is 4.42 Å². The van der Waals surface area contributed by atoms with Crippen LogP contribution in [0.3, 0.4) is 0 Å². The number of aromatic nitrogens is 4. The number of pyridine rings is 1. The molecule has 3 aromatic rings. The van der Waals surface area contributed by atoms with Crippen molar-refractivity contribution in [1.82, 2.24) is 25.5 Å². The zero-order valence-electron chi connectivity index (χ0n) is 15.2. The zero-order valence-corrected chi connectivity index (χ0v) is 15.2. The van der Waals surface area contributed by atoms with Crippen LogP contribution in [0.25, 0.3) is 28.1 Å². The van der Waals surface area contributed by atoms with Crippen molar-refractivity contribution in [1.29, 1.82) is 0 Å². The average Bonchev–Trinajstić information content (AvgIpc) is 3.34. The van der Waals surface area contributed by atoms with Gasteiger partial charge in [-0.1, -0.05) is 19.6 Å². The van der Waals surface area contributed by atoms with Crippen LogP contribution in [-0.2, 0) is 11.2 Å². The molecule has 0 spiro atoms. The van der Waals surface area contributed by atoms with Crippen LogP contribution in [0.1, 0.15) is 37.6 Å². The lowest BCUT2D eigenvalue weighted by Gasteiger charge is -2.24. The summed E-state index contributed by atoms with van der Waals surface area (Å²) in [7, 11) is 0. The van der Waals surface area contributed by atoms with Crippen LogP contribution in [0.5, 0.6) is 0 Å². The van der Waals surface area contributed by atoms with Gasteiger partial charge >= 0.3 is 0 Å². The third-order valence-electron chi connectivity index (χ3n) is 4.82. The van der Waals surface area contributed by atoms with Gasteiger partial charge in [-0.2, -0.15) is 0 Å². The van der Waals surface area contributed by atoms with Gasteiger partial charge in [0, 0.05) is 30.2 Å². The van der Waals surface area contributed by atoms with Crippen molar-refractivity contribution in [3.8, 4) is 11.5 Å². The number of hydrogen-bond acceptors (Lipinski definition) is 5. The van der Waals surface area contributed by atoms with Crippen LogP contribution in [-0.4, -0.2) is 32.1 Å². The summed E-state index contributed by atoms with van der Waals surface area (Å²) in [5.74, 6) is 0.954. The number of H-pyrrole nitrogens is 1. The highest BCUT2D eigenvalue weighted by Gasteiger charge is 2.22. The van der Waals surface area contributed by atoms with Gasteiger partial charge < -0.3 is 14.7 Å². The number of nitrogens with zero attached hydrogens (tertiary/aromatic N) is 3. The maximum absolute atomic E-state index is 11.7. The standard InChI is InChI=1S/C20H21N5O2/c1-3-16(26)23-13-7-5-6-12(10-13)14-8-9-21-19-18(14)15(11-22-19)20-25-24-17(4-2)27-20/h3,6,8-9,11,13H,1,4-5,7,10H2,2H3,(H,21,22)(H,23,26). The van der Waals surface area contributed by atoms with Gasteiger partial charge in [-0.15, -0.1) is 10.2 Å². The van der Waals surface area contributed by atoms with Crippen LogP contribution >= 0.6 is 0 Å². The zero-order chi connectivity index (χ0) is 18.8. The van der Waals surface area contributed by atoms with Crippen molar-refractivity contribution in [2.24, 2.45) is 0 Å². The minimum Gasteiger partial charge on any atom is -0.421 e. The molecular weight excluding hydrogens is 342 g/mol. The van der Waals surface area contributed by atoms with Gasteiger partial charge in [0.1, 0.15) is 5.65 Å². The highest BCUT2D eigenvalue weighted by Crippen LogP contribution is 2.36. The largest absolute Gasteiger partial charge is 0.421 e. The summed E-state index contributed by atoms with van der Waals surface area (Å²) in [5, 5.41) is 12.2. The molecule has 1 amide bonds. The number of allylic oxidation sites excluding steroid dienone is 1. The molecule has 1 aliphatic rings. The molecular formula is C20H21N5O2. The number of aromatic amines is 1. The van der Waals surface area contributed by atoms with E-state index in [1.807, 2.05) is 19.2 Å². The number of aryl methyl sites for hydroxylation is 1. The molecule has 1 unspecified atom stereocenters. The van der Waals surface area contributed by atoms with E-state index in [9.17, 15) is 4.79 Å². The first kappa shape index (κ1) is 17.2. The summed E-state index contributed by atoms with van der Waals surface area (Å²) >= 11 is 0. The van der Waals surface area contributed by atoms with Gasteiger partial charge in [0.2, 0.25) is 17.7 Å². The fourth-order valence-corrected chi connectivity index (χ4v) is 3.51. The van der Waals surface area contributed by atoms with Crippen molar-refractivity contribution in [2.45, 2.75) is 38.6 Å². The summed E-state index contributed by atoms with van der Waals surface area (Å²) in [6.07, 6.45) is 10.5. The quantitative estimate of drug-likeness (QED) is 0.677. The molecule has 1 aliphatic carbocycles. The number of rotatable bonds is 5. The molecule has 3 aromatic heterocycles. The van der Waals surface area contributed by atoms with Gasteiger partial charge in [-0.3, -0.25) is 4.79 Å². The number of amides is 1. The Bertz CT molecular complexity index is 1030. The van der Waals surface area contributed by atoms with Gasteiger partial charge in [0.25, 0.3) is 0 Å². The van der Waals surface area contributed by atoms with Crippen LogP contribution in [0.2, 0.25) is 0 Å². The summed E-state index contributed by atoms with van der Waals surface area (Å²) in [6.45, 7) is 5.51. The second-order valence-corrected chi connectivity index (χ2v) is 6.56. The van der Waals surface area contributed by atoms with Crippen molar-refractivity contribution >= 4 is 22.5 Å². The maximum Gasteiger partial charge on any atom is 0.249 e. The van der Waals surface area contributed by atoms with E-state index in [0.717, 1.165) is 41.4 Å². The van der Waals surface area contributed by atoms with E-state index in [0.29, 0.717) is 18.2 Å². The molecule has 2 N–H and O–H groups in total. The Balaban J connectivity index is 1.73. The van der Waals surface area contributed by atoms with Crippen LogP contribution in [0, 0.1) is 0 Å². The predicted octanol–water partition coefficient (Wildman–Crippen LogP) is 3.41. The minimum atomic E-state index is -0.138. The van der Waals surface area contributed by atoms with Crippen molar-refractivity contribution in [3.05, 3.63) is 48.6 Å². The highest BCUT2D eigenvalue weighted by molar-refractivity contribution is 6.00. The molecule has 0 aromatic carbocycles. The fourth-order valence-electron chi connectivity index (χ4n) is 3.51. The van der Waals surface area contributed by atoms with E-state index in [1.54, 1.807) is 6.20 Å². The first-order chi connectivity index (χ1) is 13.2. The van der Waals surface area contributed by atoms with Crippen LogP contribution < -0.4 is 5.32 Å². The van der Waals surface area contributed by atoms with E-state index >= 15 is 0 Å². The normalized spacial score (nSPS) is 16.9. The molecule has 0 fully saturated rings. The summed E-state index contributed by atoms with van der Waals surface area (Å²) in [6, 6.07) is 2.09. The van der Waals surface area contributed by atoms with E-state index < -0.39 is 0 Å². The molecule has 0 saturated carbocycles. The second-order valence-electron chi connectivity index (χ2n) is 6.56. The molecule has 0 radical (unpaired) electrons. The molecule has 7 nitrogen and oxygen atoms in total. The van der Waals surface area contributed by atoms with Gasteiger partial charge in [-0.05, 0) is 42.5 Å². The lowest BCUT2D eigenvalue weighted by atomic mass is 9.88. The molecule has 0 bridgehead atoms. The fraction of sp³-hybridized carbons (Fsp3) is 0.300. The lowest BCUT2D eigenvalue weighted by Crippen LogP contribution is -2.34. The Morgan fingerprint density at radius 1 is 1.44 bits per heavy atom. The monoisotopic (exact) mass is 363 g/mol. The Morgan fingerprint density at radius 3 is 3.11 bits per heavy atom. The van der Waals surface area contributed by atoms with Gasteiger partial charge in [0.05, 0.1) is 5.56 Å². The van der Waals surface area contributed by atoms with Gasteiger partial charge in [0.15, 0.2) is 0 Å². The average molecular weight is 363 g/mol. The minimum absolute atomic E-state index is 0.0937. The SMILES string of the molecule is C=CC(=O)NC1CCC=C(c2ccnc3[nH]cc(-c4nnc(CC)o4)c23)C1. The first-order valence-electron chi connectivity index (χ1n) is 9.10. The van der Waals surface area contributed by atoms with Crippen LogP contribution in [0.4, 0.5) is 0 Å². The van der Waals surface area contributed by atoms with Crippen molar-refractivity contribution < 1.29 is 9.21 Å². The topological polar surface area (TPSA) is 96.7 Å². The Kier molecular flexibility index (Phi) is 4.58. The van der Waals surface area contributed by atoms with Crippen LogP contribution in [0.15, 0.2) is 41.6 Å². The first-order valence-corrected chi connectivity index (χ1v) is 9.10. The molecule has 138 valence electrons. The molecule has 27 heavy (non-hydrogen) atoms. The Hall–Kier alpha value is -3.22. The smallest absolute Gasteiger partial charge is 0.249 e. The Morgan fingerprint density at radius 2 is 2.33 bits per heavy atom. The third kappa shape index (κ3) is 3.28. The van der Waals surface area contributed by atoms with E-state index in [-0.39, 0.29) is 11.9 Å². The van der Waals surface area contributed by atoms with E-state index in [2.05, 4.69) is 38.1 Å². The number of nitrogens with one attached hydrogen (secondary N) is 2. The van der Waals surface area contributed by atoms with Gasteiger partial charge in [-0.25, -0.2) is 4.98 Å². The number of hydrogen-bond donors (Lipinski definition) is 2. The molecule has 1 atom stereocenters. The Labute approximate surface area is 156 Å². The third-order valence-corrected chi connectivity index (χ3v) is 4.82. The van der Waals surface area contributed by atoms with E-state index in [1.165, 1.54) is 11.6 Å². The number of fused-ring (bicyclic) bond motifs is 1. The summed E-state index contributed by atoms with van der Waals surface area (Å²) in [5.41, 5.74) is 3.87. The van der Waals surface area contributed by atoms with Crippen molar-refractivity contribution in [2.75, 3.05) is 0 Å². The second kappa shape index (κ2) is 7.19. The summed E-state index contributed by atoms with van der Waals surface area (Å²) in [4.78, 5) is 19.3. The molecule has 0 aliphatic heterocycles. The van der Waals surface area contributed by atoms with Crippen molar-refractivity contribution in [3.63, 3.8) is 0 Å².